The van der Waals surface area contributed by atoms with Crippen LogP contribution in [-0.4, -0.2) is 61.2 Å². The van der Waals surface area contributed by atoms with Gasteiger partial charge in [0.15, 0.2) is 0 Å². The Bertz CT molecular complexity index is 506. The molecule has 6 nitrogen and oxygen atoms in total. The molecule has 0 aliphatic carbocycles. The number of likely N-dealkylation sites (tertiary alicyclic amines) is 1. The molecule has 2 aliphatic rings. The van der Waals surface area contributed by atoms with Gasteiger partial charge < -0.3 is 20.3 Å². The first-order valence-electron chi connectivity index (χ1n) is 8.53. The molecular formula is C17H26N4O2. The topological polar surface area (TPSA) is 66.5 Å². The van der Waals surface area contributed by atoms with Crippen molar-refractivity contribution in [3.63, 3.8) is 0 Å². The van der Waals surface area contributed by atoms with Crippen LogP contribution in [0.2, 0.25) is 0 Å². The lowest BCUT2D eigenvalue weighted by Gasteiger charge is -2.29. The Hall–Kier alpha value is -1.66. The molecule has 3 heterocycles. The molecule has 2 N–H and O–H groups in total. The zero-order chi connectivity index (χ0) is 16.1. The first-order chi connectivity index (χ1) is 11.2. The van der Waals surface area contributed by atoms with Crippen molar-refractivity contribution in [1.82, 2.24) is 20.5 Å². The maximum absolute atomic E-state index is 12.3. The molecular weight excluding hydrogens is 292 g/mol. The van der Waals surface area contributed by atoms with Gasteiger partial charge in [-0.3, -0.25) is 4.79 Å². The summed E-state index contributed by atoms with van der Waals surface area (Å²) in [6.07, 6.45) is 5.85. The lowest BCUT2D eigenvalue weighted by Crippen LogP contribution is -2.43. The molecule has 1 aromatic heterocycles. The monoisotopic (exact) mass is 318 g/mol. The van der Waals surface area contributed by atoms with Gasteiger partial charge >= 0.3 is 0 Å². The molecule has 6 heteroatoms. The van der Waals surface area contributed by atoms with Crippen LogP contribution in [0.25, 0.3) is 0 Å². The molecule has 0 aromatic carbocycles. The van der Waals surface area contributed by atoms with Gasteiger partial charge in [-0.25, -0.2) is 4.98 Å². The summed E-state index contributed by atoms with van der Waals surface area (Å²) in [5, 5.41) is 6.41. The average molecular weight is 318 g/mol. The van der Waals surface area contributed by atoms with E-state index in [1.165, 1.54) is 0 Å². The SMILES string of the molecule is CN1CCC(NC(=O)c2ccc(OC3CCNCC3)nc2)CC1. The third-order valence-corrected chi connectivity index (χ3v) is 4.63. The van der Waals surface area contributed by atoms with Crippen LogP contribution in [0.1, 0.15) is 36.0 Å². The fourth-order valence-corrected chi connectivity index (χ4v) is 3.09. The van der Waals surface area contributed by atoms with Crippen molar-refractivity contribution >= 4 is 5.91 Å². The highest BCUT2D eigenvalue weighted by atomic mass is 16.5. The van der Waals surface area contributed by atoms with Crippen LogP contribution >= 0.6 is 0 Å². The van der Waals surface area contributed by atoms with Crippen molar-refractivity contribution in [3.8, 4) is 5.88 Å². The predicted octanol–water partition coefficient (Wildman–Crippen LogP) is 1.04. The van der Waals surface area contributed by atoms with E-state index in [4.69, 9.17) is 4.74 Å². The Kier molecular flexibility index (Phi) is 5.46. The Morgan fingerprint density at radius 1 is 1.26 bits per heavy atom. The van der Waals surface area contributed by atoms with E-state index in [1.54, 1.807) is 18.3 Å². The number of carbonyl (C=O) groups excluding carboxylic acids is 1. The number of piperidine rings is 2. The largest absolute Gasteiger partial charge is 0.474 e. The van der Waals surface area contributed by atoms with Gasteiger partial charge in [0.1, 0.15) is 6.10 Å². The minimum atomic E-state index is -0.0412. The minimum absolute atomic E-state index is 0.0412. The van der Waals surface area contributed by atoms with E-state index in [9.17, 15) is 4.79 Å². The molecule has 126 valence electrons. The average Bonchev–Trinajstić information content (AvgIpc) is 2.58. The van der Waals surface area contributed by atoms with Gasteiger partial charge in [-0.1, -0.05) is 0 Å². The summed E-state index contributed by atoms with van der Waals surface area (Å²) < 4.78 is 5.86. The molecule has 0 radical (unpaired) electrons. The minimum Gasteiger partial charge on any atom is -0.474 e. The summed E-state index contributed by atoms with van der Waals surface area (Å²) in [4.78, 5) is 18.9. The van der Waals surface area contributed by atoms with Crippen molar-refractivity contribution in [2.75, 3.05) is 33.2 Å². The molecule has 2 aliphatic heterocycles. The Morgan fingerprint density at radius 3 is 2.65 bits per heavy atom. The highest BCUT2D eigenvalue weighted by Gasteiger charge is 2.19. The van der Waals surface area contributed by atoms with E-state index in [0.29, 0.717) is 11.4 Å². The first kappa shape index (κ1) is 16.2. The second kappa shape index (κ2) is 7.75. The van der Waals surface area contributed by atoms with Crippen LogP contribution in [0.5, 0.6) is 5.88 Å². The van der Waals surface area contributed by atoms with Gasteiger partial charge in [-0.2, -0.15) is 0 Å². The smallest absolute Gasteiger partial charge is 0.253 e. The molecule has 2 fully saturated rings. The van der Waals surface area contributed by atoms with E-state index < -0.39 is 0 Å². The highest BCUT2D eigenvalue weighted by molar-refractivity contribution is 5.94. The molecule has 3 rings (SSSR count). The molecule has 0 spiro atoms. The molecule has 0 atom stereocenters. The van der Waals surface area contributed by atoms with Gasteiger partial charge in [0, 0.05) is 18.3 Å². The van der Waals surface area contributed by atoms with Crippen LogP contribution < -0.4 is 15.4 Å². The Balaban J connectivity index is 1.50. The Labute approximate surface area is 137 Å². The fourth-order valence-electron chi connectivity index (χ4n) is 3.09. The number of amides is 1. The number of rotatable bonds is 4. The number of aromatic nitrogens is 1. The van der Waals surface area contributed by atoms with Crippen LogP contribution in [0, 0.1) is 0 Å². The van der Waals surface area contributed by atoms with Crippen LogP contribution in [0.15, 0.2) is 18.3 Å². The quantitative estimate of drug-likeness (QED) is 0.868. The number of ether oxygens (including phenoxy) is 1. The van der Waals surface area contributed by atoms with Crippen molar-refractivity contribution in [1.29, 1.82) is 0 Å². The molecule has 2 saturated heterocycles. The van der Waals surface area contributed by atoms with Crippen molar-refractivity contribution in [2.45, 2.75) is 37.8 Å². The summed E-state index contributed by atoms with van der Waals surface area (Å²) >= 11 is 0. The summed E-state index contributed by atoms with van der Waals surface area (Å²) in [5.74, 6) is 0.563. The van der Waals surface area contributed by atoms with Gasteiger partial charge in [0.25, 0.3) is 5.91 Å². The summed E-state index contributed by atoms with van der Waals surface area (Å²) in [6, 6.07) is 3.86. The number of nitrogens with zero attached hydrogens (tertiary/aromatic N) is 2. The molecule has 1 aromatic rings. The van der Waals surface area contributed by atoms with E-state index in [-0.39, 0.29) is 18.1 Å². The zero-order valence-corrected chi connectivity index (χ0v) is 13.8. The maximum Gasteiger partial charge on any atom is 0.253 e. The van der Waals surface area contributed by atoms with Gasteiger partial charge in [0.2, 0.25) is 5.88 Å². The lowest BCUT2D eigenvalue weighted by molar-refractivity contribution is 0.0916. The van der Waals surface area contributed by atoms with E-state index in [1.807, 2.05) is 0 Å². The van der Waals surface area contributed by atoms with E-state index in [2.05, 4.69) is 27.6 Å². The number of carbonyl (C=O) groups is 1. The molecule has 1 amide bonds. The van der Waals surface area contributed by atoms with Gasteiger partial charge in [0.05, 0.1) is 5.56 Å². The summed E-state index contributed by atoms with van der Waals surface area (Å²) in [5.41, 5.74) is 0.599. The zero-order valence-electron chi connectivity index (χ0n) is 13.8. The molecule has 0 bridgehead atoms. The number of pyridine rings is 1. The molecule has 0 saturated carbocycles. The third-order valence-electron chi connectivity index (χ3n) is 4.63. The van der Waals surface area contributed by atoms with E-state index in [0.717, 1.165) is 51.9 Å². The second-order valence-electron chi connectivity index (χ2n) is 6.50. The van der Waals surface area contributed by atoms with Gasteiger partial charge in [-0.05, 0) is 65.0 Å². The summed E-state index contributed by atoms with van der Waals surface area (Å²) in [6.45, 7) is 4.04. The van der Waals surface area contributed by atoms with Crippen molar-refractivity contribution < 1.29 is 9.53 Å². The number of hydrogen-bond donors (Lipinski definition) is 2. The lowest BCUT2D eigenvalue weighted by atomic mass is 10.1. The highest BCUT2D eigenvalue weighted by Crippen LogP contribution is 2.15. The van der Waals surface area contributed by atoms with Crippen LogP contribution in [0.3, 0.4) is 0 Å². The maximum atomic E-state index is 12.3. The molecule has 0 unspecified atom stereocenters. The Morgan fingerprint density at radius 2 is 2.00 bits per heavy atom. The normalized spacial score (nSPS) is 21.1. The summed E-state index contributed by atoms with van der Waals surface area (Å²) in [7, 11) is 2.11. The van der Waals surface area contributed by atoms with Crippen LogP contribution in [0.4, 0.5) is 0 Å². The molecule has 23 heavy (non-hydrogen) atoms. The van der Waals surface area contributed by atoms with Crippen molar-refractivity contribution in [3.05, 3.63) is 23.9 Å². The standard InChI is InChI=1S/C17H26N4O2/c1-21-10-6-14(7-11-21)20-17(22)13-2-3-16(19-12-13)23-15-4-8-18-9-5-15/h2-3,12,14-15,18H,4-11H2,1H3,(H,20,22). The number of hydrogen-bond acceptors (Lipinski definition) is 5. The van der Waals surface area contributed by atoms with E-state index >= 15 is 0 Å². The second-order valence-corrected chi connectivity index (χ2v) is 6.50. The predicted molar refractivity (Wildman–Crippen MR) is 88.7 cm³/mol. The number of nitrogens with one attached hydrogen (secondary N) is 2. The van der Waals surface area contributed by atoms with Gasteiger partial charge in [-0.15, -0.1) is 0 Å². The fraction of sp³-hybridized carbons (Fsp3) is 0.647. The third kappa shape index (κ3) is 4.65. The van der Waals surface area contributed by atoms with Crippen LogP contribution in [-0.2, 0) is 0 Å². The first-order valence-corrected chi connectivity index (χ1v) is 8.53. The van der Waals surface area contributed by atoms with Crippen molar-refractivity contribution in [2.24, 2.45) is 0 Å².